The van der Waals surface area contributed by atoms with Crippen LogP contribution in [0.3, 0.4) is 0 Å². The number of carbonyl (C=O) groups excluding carboxylic acids is 1. The first-order valence-electron chi connectivity index (χ1n) is 7.89. The molecular weight excluding hydrogens is 374 g/mol. The second kappa shape index (κ2) is 7.87. The third-order valence-corrected chi connectivity index (χ3v) is 4.48. The van der Waals surface area contributed by atoms with Gasteiger partial charge in [0.25, 0.3) is 5.91 Å². The van der Waals surface area contributed by atoms with Crippen LogP contribution in [0.15, 0.2) is 29.1 Å². The van der Waals surface area contributed by atoms with E-state index in [2.05, 4.69) is 36.2 Å². The number of hydrogen-bond donors (Lipinski definition) is 1. The number of anilines is 1. The summed E-state index contributed by atoms with van der Waals surface area (Å²) in [5, 5.41) is 7.15. The first-order valence-corrected chi connectivity index (χ1v) is 8.68. The van der Waals surface area contributed by atoms with E-state index < -0.39 is 0 Å². The highest BCUT2D eigenvalue weighted by Gasteiger charge is 2.13. The van der Waals surface area contributed by atoms with Crippen LogP contribution in [0.5, 0.6) is 0 Å². The summed E-state index contributed by atoms with van der Waals surface area (Å²) < 4.78 is 7.72. The SMILES string of the molecule is Cc1ccc(C(=O)Nc2cnn(CCN3CCOCC3)c2)c(Br)n1. The van der Waals surface area contributed by atoms with Crippen molar-refractivity contribution in [2.45, 2.75) is 13.5 Å². The van der Waals surface area contributed by atoms with E-state index in [0.29, 0.717) is 15.9 Å². The Morgan fingerprint density at radius 2 is 2.12 bits per heavy atom. The Balaban J connectivity index is 1.56. The Bertz CT molecular complexity index is 712. The van der Waals surface area contributed by atoms with Crippen molar-refractivity contribution < 1.29 is 9.53 Å². The minimum absolute atomic E-state index is 0.206. The van der Waals surface area contributed by atoms with Gasteiger partial charge in [-0.3, -0.25) is 14.4 Å². The lowest BCUT2D eigenvalue weighted by molar-refractivity contribution is 0.0360. The van der Waals surface area contributed by atoms with E-state index in [-0.39, 0.29) is 5.91 Å². The molecular formula is C16H20BrN5O2. The third-order valence-electron chi connectivity index (χ3n) is 3.87. The summed E-state index contributed by atoms with van der Waals surface area (Å²) in [5.74, 6) is -0.206. The zero-order valence-corrected chi connectivity index (χ0v) is 15.1. The summed E-state index contributed by atoms with van der Waals surface area (Å²) in [6, 6.07) is 3.57. The molecule has 1 fully saturated rings. The van der Waals surface area contributed by atoms with Gasteiger partial charge in [0.2, 0.25) is 0 Å². The summed E-state index contributed by atoms with van der Waals surface area (Å²) >= 11 is 3.33. The maximum atomic E-state index is 12.3. The molecule has 24 heavy (non-hydrogen) atoms. The molecule has 1 amide bonds. The zero-order chi connectivity index (χ0) is 16.9. The third kappa shape index (κ3) is 4.40. The fourth-order valence-corrected chi connectivity index (χ4v) is 3.10. The molecule has 128 valence electrons. The number of pyridine rings is 1. The van der Waals surface area contributed by atoms with Gasteiger partial charge >= 0.3 is 0 Å². The second-order valence-electron chi connectivity index (χ2n) is 5.69. The van der Waals surface area contributed by atoms with Gasteiger partial charge in [0, 0.05) is 31.5 Å². The van der Waals surface area contributed by atoms with Crippen molar-refractivity contribution in [3.05, 3.63) is 40.4 Å². The zero-order valence-electron chi connectivity index (χ0n) is 13.5. The summed E-state index contributed by atoms with van der Waals surface area (Å²) in [4.78, 5) is 18.9. The van der Waals surface area contributed by atoms with Crippen LogP contribution >= 0.6 is 15.9 Å². The summed E-state index contributed by atoms with van der Waals surface area (Å²) in [6.07, 6.45) is 3.50. The van der Waals surface area contributed by atoms with Gasteiger partial charge in [-0.05, 0) is 35.0 Å². The number of hydrogen-bond acceptors (Lipinski definition) is 5. The smallest absolute Gasteiger partial charge is 0.258 e. The molecule has 2 aromatic rings. The quantitative estimate of drug-likeness (QED) is 0.785. The molecule has 0 radical (unpaired) electrons. The maximum Gasteiger partial charge on any atom is 0.258 e. The maximum absolute atomic E-state index is 12.3. The molecule has 0 aromatic carbocycles. The van der Waals surface area contributed by atoms with Gasteiger partial charge in [-0.25, -0.2) is 4.98 Å². The number of amides is 1. The average molecular weight is 394 g/mol. The van der Waals surface area contributed by atoms with E-state index in [1.807, 2.05) is 23.9 Å². The van der Waals surface area contributed by atoms with Crippen molar-refractivity contribution in [2.75, 3.05) is 38.2 Å². The first-order chi connectivity index (χ1) is 11.6. The lowest BCUT2D eigenvalue weighted by Crippen LogP contribution is -2.38. The van der Waals surface area contributed by atoms with Gasteiger partial charge < -0.3 is 10.1 Å². The van der Waals surface area contributed by atoms with Gasteiger partial charge in [0.1, 0.15) is 4.60 Å². The highest BCUT2D eigenvalue weighted by Crippen LogP contribution is 2.16. The molecule has 0 bridgehead atoms. The molecule has 7 nitrogen and oxygen atoms in total. The Labute approximate surface area is 149 Å². The summed E-state index contributed by atoms with van der Waals surface area (Å²) in [6.45, 7) is 7.08. The Morgan fingerprint density at radius 1 is 1.33 bits per heavy atom. The average Bonchev–Trinajstić information content (AvgIpc) is 3.01. The van der Waals surface area contributed by atoms with Crippen LogP contribution < -0.4 is 5.32 Å². The van der Waals surface area contributed by atoms with Crippen LogP contribution in [0.25, 0.3) is 0 Å². The molecule has 0 atom stereocenters. The molecule has 0 aliphatic carbocycles. The number of aromatic nitrogens is 3. The number of carbonyl (C=O) groups is 1. The normalized spacial score (nSPS) is 15.4. The molecule has 8 heteroatoms. The van der Waals surface area contributed by atoms with E-state index in [4.69, 9.17) is 4.74 Å². The van der Waals surface area contributed by atoms with E-state index in [1.165, 1.54) is 0 Å². The van der Waals surface area contributed by atoms with Gasteiger partial charge in [0.05, 0.1) is 37.2 Å². The molecule has 0 unspecified atom stereocenters. The topological polar surface area (TPSA) is 72.3 Å². The molecule has 3 heterocycles. The van der Waals surface area contributed by atoms with Crippen molar-refractivity contribution in [3.8, 4) is 0 Å². The molecule has 1 aliphatic heterocycles. The van der Waals surface area contributed by atoms with E-state index in [1.54, 1.807) is 12.3 Å². The van der Waals surface area contributed by atoms with E-state index in [0.717, 1.165) is 45.1 Å². The highest BCUT2D eigenvalue weighted by molar-refractivity contribution is 9.10. The second-order valence-corrected chi connectivity index (χ2v) is 6.44. The van der Waals surface area contributed by atoms with Gasteiger partial charge in [-0.1, -0.05) is 0 Å². The van der Waals surface area contributed by atoms with Crippen molar-refractivity contribution >= 4 is 27.5 Å². The predicted molar refractivity (Wildman–Crippen MR) is 94.1 cm³/mol. The monoisotopic (exact) mass is 393 g/mol. The minimum atomic E-state index is -0.206. The van der Waals surface area contributed by atoms with Crippen LogP contribution in [0.2, 0.25) is 0 Å². The number of nitrogens with one attached hydrogen (secondary N) is 1. The highest BCUT2D eigenvalue weighted by atomic mass is 79.9. The van der Waals surface area contributed by atoms with Crippen LogP contribution in [0.4, 0.5) is 5.69 Å². The van der Waals surface area contributed by atoms with E-state index >= 15 is 0 Å². The van der Waals surface area contributed by atoms with Crippen LogP contribution in [0, 0.1) is 6.92 Å². The summed E-state index contributed by atoms with van der Waals surface area (Å²) in [5.41, 5.74) is 2.03. The molecule has 1 aliphatic rings. The van der Waals surface area contributed by atoms with Crippen molar-refractivity contribution in [1.29, 1.82) is 0 Å². The molecule has 0 saturated carbocycles. The van der Waals surface area contributed by atoms with Crippen LogP contribution in [-0.2, 0) is 11.3 Å². The fourth-order valence-electron chi connectivity index (χ4n) is 2.51. The van der Waals surface area contributed by atoms with Crippen molar-refractivity contribution in [1.82, 2.24) is 19.7 Å². The van der Waals surface area contributed by atoms with Crippen molar-refractivity contribution in [2.24, 2.45) is 0 Å². The van der Waals surface area contributed by atoms with Gasteiger partial charge in [-0.15, -0.1) is 0 Å². The minimum Gasteiger partial charge on any atom is -0.379 e. The van der Waals surface area contributed by atoms with Gasteiger partial charge in [0.15, 0.2) is 0 Å². The number of rotatable bonds is 5. The first kappa shape index (κ1) is 17.1. The van der Waals surface area contributed by atoms with Crippen molar-refractivity contribution in [3.63, 3.8) is 0 Å². The standard InChI is InChI=1S/C16H20BrN5O2/c1-12-2-3-14(15(17)19-12)16(23)20-13-10-18-22(11-13)5-4-21-6-8-24-9-7-21/h2-3,10-11H,4-9H2,1H3,(H,20,23). The number of ether oxygens (including phenoxy) is 1. The molecule has 2 aromatic heterocycles. The molecule has 1 saturated heterocycles. The number of halogens is 1. The van der Waals surface area contributed by atoms with E-state index in [9.17, 15) is 4.79 Å². The lowest BCUT2D eigenvalue weighted by Gasteiger charge is -2.26. The number of aryl methyl sites for hydroxylation is 1. The fraction of sp³-hybridized carbons (Fsp3) is 0.438. The summed E-state index contributed by atoms with van der Waals surface area (Å²) in [7, 11) is 0. The lowest BCUT2D eigenvalue weighted by atomic mass is 10.2. The molecule has 3 rings (SSSR count). The Kier molecular flexibility index (Phi) is 5.60. The number of nitrogens with zero attached hydrogens (tertiary/aromatic N) is 4. The largest absolute Gasteiger partial charge is 0.379 e. The molecule has 0 spiro atoms. The number of morpholine rings is 1. The van der Waals surface area contributed by atoms with Gasteiger partial charge in [-0.2, -0.15) is 5.10 Å². The van der Waals surface area contributed by atoms with Crippen LogP contribution in [-0.4, -0.2) is 58.4 Å². The predicted octanol–water partition coefficient (Wildman–Crippen LogP) is 1.93. The Hall–Kier alpha value is -1.77. The molecule has 1 N–H and O–H groups in total. The van der Waals surface area contributed by atoms with Crippen LogP contribution in [0.1, 0.15) is 16.1 Å². The Morgan fingerprint density at radius 3 is 2.88 bits per heavy atom.